The summed E-state index contributed by atoms with van der Waals surface area (Å²) in [6.07, 6.45) is 0.481. The third-order valence-corrected chi connectivity index (χ3v) is 2.95. The normalized spacial score (nSPS) is 10.5. The average molecular weight is 275 g/mol. The van der Waals surface area contributed by atoms with Crippen LogP contribution in [0.4, 0.5) is 0 Å². The lowest BCUT2D eigenvalue weighted by atomic mass is 10.1. The molecule has 0 atom stereocenters. The Hall–Kier alpha value is -2.37. The van der Waals surface area contributed by atoms with Crippen molar-refractivity contribution in [3.63, 3.8) is 0 Å². The number of hydrogen-bond donors (Lipinski definition) is 1. The van der Waals surface area contributed by atoms with Crippen molar-refractivity contribution >= 4 is 5.97 Å². The van der Waals surface area contributed by atoms with Gasteiger partial charge in [0.25, 0.3) is 0 Å². The number of benzene rings is 1. The topological polar surface area (TPSA) is 77.2 Å². The van der Waals surface area contributed by atoms with Crippen molar-refractivity contribution in [2.24, 2.45) is 0 Å². The zero-order valence-corrected chi connectivity index (χ0v) is 11.5. The van der Waals surface area contributed by atoms with Gasteiger partial charge < -0.3 is 9.84 Å². The molecule has 0 amide bonds. The third-order valence-electron chi connectivity index (χ3n) is 2.95. The number of nitrogens with zero attached hydrogens (tertiary/aromatic N) is 3. The highest BCUT2D eigenvalue weighted by Gasteiger charge is 2.18. The van der Waals surface area contributed by atoms with Gasteiger partial charge in [0.1, 0.15) is 5.75 Å². The molecule has 2 rings (SSSR count). The van der Waals surface area contributed by atoms with Gasteiger partial charge in [0.2, 0.25) is 0 Å². The van der Waals surface area contributed by atoms with Gasteiger partial charge in [-0.05, 0) is 31.5 Å². The van der Waals surface area contributed by atoms with Crippen LogP contribution in [0.15, 0.2) is 24.3 Å². The summed E-state index contributed by atoms with van der Waals surface area (Å²) < 4.78 is 6.99. The van der Waals surface area contributed by atoms with Gasteiger partial charge in [0.05, 0.1) is 12.3 Å². The van der Waals surface area contributed by atoms with E-state index in [2.05, 4.69) is 10.3 Å². The van der Waals surface area contributed by atoms with Crippen molar-refractivity contribution in [3.8, 4) is 5.75 Å². The fraction of sp³-hybridized carbons (Fsp3) is 0.357. The highest BCUT2D eigenvalue weighted by molar-refractivity contribution is 5.86. The molecule has 0 aliphatic rings. The van der Waals surface area contributed by atoms with Crippen LogP contribution in [-0.4, -0.2) is 32.7 Å². The molecule has 0 radical (unpaired) electrons. The van der Waals surface area contributed by atoms with Gasteiger partial charge in [-0.3, -0.25) is 0 Å². The van der Waals surface area contributed by atoms with Crippen molar-refractivity contribution in [1.82, 2.24) is 15.0 Å². The van der Waals surface area contributed by atoms with Crippen LogP contribution in [0.5, 0.6) is 5.75 Å². The minimum Gasteiger partial charge on any atom is -0.494 e. The number of carbonyl (C=O) groups is 1. The molecule has 0 aliphatic heterocycles. The van der Waals surface area contributed by atoms with Crippen LogP contribution < -0.4 is 4.74 Å². The predicted molar refractivity (Wildman–Crippen MR) is 73.1 cm³/mol. The molecule has 0 fully saturated rings. The lowest BCUT2D eigenvalue weighted by Crippen LogP contribution is -2.08. The number of aromatic carboxylic acids is 1. The van der Waals surface area contributed by atoms with E-state index in [0.717, 1.165) is 11.3 Å². The Morgan fingerprint density at radius 3 is 2.55 bits per heavy atom. The van der Waals surface area contributed by atoms with Gasteiger partial charge in [-0.1, -0.05) is 17.3 Å². The lowest BCUT2D eigenvalue weighted by molar-refractivity contribution is 0.0689. The van der Waals surface area contributed by atoms with E-state index in [1.807, 2.05) is 38.1 Å². The Morgan fingerprint density at radius 2 is 2.00 bits per heavy atom. The van der Waals surface area contributed by atoms with Crippen molar-refractivity contribution in [3.05, 3.63) is 41.2 Å². The van der Waals surface area contributed by atoms with Gasteiger partial charge in [-0.25, -0.2) is 9.48 Å². The predicted octanol–water partition coefficient (Wildman–Crippen LogP) is 1.99. The van der Waals surface area contributed by atoms with E-state index in [9.17, 15) is 4.79 Å². The molecule has 0 spiro atoms. The second-order valence-corrected chi connectivity index (χ2v) is 4.26. The molecule has 1 aromatic heterocycles. The number of aryl methyl sites for hydroxylation is 1. The molecule has 20 heavy (non-hydrogen) atoms. The summed E-state index contributed by atoms with van der Waals surface area (Å²) in [5.74, 6) is -0.248. The molecule has 6 nitrogen and oxygen atoms in total. The Kier molecular flexibility index (Phi) is 4.34. The zero-order chi connectivity index (χ0) is 14.5. The van der Waals surface area contributed by atoms with Crippen LogP contribution in [0, 0.1) is 0 Å². The molecule has 0 unspecified atom stereocenters. The number of hydrogen-bond acceptors (Lipinski definition) is 4. The fourth-order valence-electron chi connectivity index (χ4n) is 1.99. The lowest BCUT2D eigenvalue weighted by Gasteiger charge is -2.07. The van der Waals surface area contributed by atoms with Crippen LogP contribution in [-0.2, 0) is 13.0 Å². The van der Waals surface area contributed by atoms with Crippen molar-refractivity contribution in [2.45, 2.75) is 26.8 Å². The Labute approximate surface area is 117 Å². The summed E-state index contributed by atoms with van der Waals surface area (Å²) in [4.78, 5) is 11.1. The second kappa shape index (κ2) is 6.18. The SMILES string of the molecule is CCOc1ccc(Cc2c(C(=O)O)nnn2CC)cc1. The average Bonchev–Trinajstić information content (AvgIpc) is 2.84. The minimum absolute atomic E-state index is 0.0146. The van der Waals surface area contributed by atoms with Crippen molar-refractivity contribution in [2.75, 3.05) is 6.61 Å². The third kappa shape index (κ3) is 2.96. The molecule has 0 bridgehead atoms. The molecule has 1 aromatic carbocycles. The summed E-state index contributed by atoms with van der Waals surface area (Å²) in [5.41, 5.74) is 1.62. The van der Waals surface area contributed by atoms with Gasteiger partial charge in [-0.15, -0.1) is 5.10 Å². The summed E-state index contributed by atoms with van der Waals surface area (Å²) in [6, 6.07) is 7.59. The van der Waals surface area contributed by atoms with Crippen LogP contribution in [0.3, 0.4) is 0 Å². The molecule has 2 aromatic rings. The smallest absolute Gasteiger partial charge is 0.358 e. The maximum atomic E-state index is 11.1. The van der Waals surface area contributed by atoms with Gasteiger partial charge in [0.15, 0.2) is 5.69 Å². The maximum Gasteiger partial charge on any atom is 0.358 e. The van der Waals surface area contributed by atoms with Gasteiger partial charge in [-0.2, -0.15) is 0 Å². The summed E-state index contributed by atoms with van der Waals surface area (Å²) in [5, 5.41) is 16.7. The molecule has 0 saturated heterocycles. The van der Waals surface area contributed by atoms with Crippen molar-refractivity contribution in [1.29, 1.82) is 0 Å². The molecule has 1 heterocycles. The molecule has 6 heteroatoms. The van der Waals surface area contributed by atoms with E-state index in [4.69, 9.17) is 9.84 Å². The van der Waals surface area contributed by atoms with E-state index in [1.165, 1.54) is 0 Å². The highest BCUT2D eigenvalue weighted by atomic mass is 16.5. The van der Waals surface area contributed by atoms with Gasteiger partial charge >= 0.3 is 5.97 Å². The summed E-state index contributed by atoms with van der Waals surface area (Å²) in [6.45, 7) is 5.04. The number of rotatable bonds is 6. The maximum absolute atomic E-state index is 11.1. The number of carboxylic acid groups (broad SMARTS) is 1. The summed E-state index contributed by atoms with van der Waals surface area (Å²) >= 11 is 0. The van der Waals surface area contributed by atoms with E-state index in [-0.39, 0.29) is 5.69 Å². The second-order valence-electron chi connectivity index (χ2n) is 4.26. The molecule has 0 aliphatic carbocycles. The zero-order valence-electron chi connectivity index (χ0n) is 11.5. The van der Waals surface area contributed by atoms with Crippen LogP contribution in [0.1, 0.15) is 35.6 Å². The number of carboxylic acids is 1. The van der Waals surface area contributed by atoms with E-state index in [0.29, 0.717) is 25.3 Å². The first kappa shape index (κ1) is 14.0. The van der Waals surface area contributed by atoms with Gasteiger partial charge in [0, 0.05) is 13.0 Å². The van der Waals surface area contributed by atoms with E-state index < -0.39 is 5.97 Å². The van der Waals surface area contributed by atoms with Crippen LogP contribution in [0.25, 0.3) is 0 Å². The minimum atomic E-state index is -1.05. The number of ether oxygens (including phenoxy) is 1. The van der Waals surface area contributed by atoms with Crippen LogP contribution in [0.2, 0.25) is 0 Å². The Morgan fingerprint density at radius 1 is 1.30 bits per heavy atom. The standard InChI is InChI=1S/C14H17N3O3/c1-3-17-12(13(14(18)19)15-16-17)9-10-5-7-11(8-6-10)20-4-2/h5-8H,3-4,9H2,1-2H3,(H,18,19). The highest BCUT2D eigenvalue weighted by Crippen LogP contribution is 2.17. The monoisotopic (exact) mass is 275 g/mol. The summed E-state index contributed by atoms with van der Waals surface area (Å²) in [7, 11) is 0. The van der Waals surface area contributed by atoms with Crippen molar-refractivity contribution < 1.29 is 14.6 Å². The molecule has 1 N–H and O–H groups in total. The first-order valence-electron chi connectivity index (χ1n) is 6.53. The largest absolute Gasteiger partial charge is 0.494 e. The Balaban J connectivity index is 2.24. The molecular formula is C14H17N3O3. The molecule has 0 saturated carbocycles. The fourth-order valence-corrected chi connectivity index (χ4v) is 1.99. The first-order valence-corrected chi connectivity index (χ1v) is 6.53. The number of aromatic nitrogens is 3. The van der Waals surface area contributed by atoms with E-state index >= 15 is 0 Å². The molecular weight excluding hydrogens is 258 g/mol. The first-order chi connectivity index (χ1) is 9.65. The Bertz CT molecular complexity index is 590. The van der Waals surface area contributed by atoms with E-state index in [1.54, 1.807) is 4.68 Å². The molecule has 106 valence electrons. The quantitative estimate of drug-likeness (QED) is 0.872. The van der Waals surface area contributed by atoms with Crippen LogP contribution >= 0.6 is 0 Å².